The molecule has 0 spiro atoms. The number of rotatable bonds is 3. The first-order valence-corrected chi connectivity index (χ1v) is 5.85. The highest BCUT2D eigenvalue weighted by molar-refractivity contribution is 7.99. The second kappa shape index (κ2) is 3.46. The monoisotopic (exact) mass is 215 g/mol. The standard InChI is InChI=1S/C9H13NO3S/c1-2-14-6-3-5-4-7(11)10(5)8(6)9(12)13/h5-6,8H,2-4H2,1H3,(H,12,13). The van der Waals surface area contributed by atoms with Crippen LogP contribution in [-0.4, -0.2) is 45.0 Å². The van der Waals surface area contributed by atoms with Crippen molar-refractivity contribution in [3.63, 3.8) is 0 Å². The topological polar surface area (TPSA) is 57.6 Å². The number of fused-ring (bicyclic) bond motifs is 1. The molecule has 2 saturated heterocycles. The molecule has 2 rings (SSSR count). The lowest BCUT2D eigenvalue weighted by Crippen LogP contribution is -2.55. The Morgan fingerprint density at radius 3 is 2.93 bits per heavy atom. The number of β-lactam (4-membered cyclic amide) rings is 1. The van der Waals surface area contributed by atoms with Gasteiger partial charge in [-0.3, -0.25) is 4.79 Å². The molecular formula is C9H13NO3S. The summed E-state index contributed by atoms with van der Waals surface area (Å²) < 4.78 is 0. The van der Waals surface area contributed by atoms with Crippen molar-refractivity contribution in [3.8, 4) is 0 Å². The molecular weight excluding hydrogens is 202 g/mol. The number of aliphatic carboxylic acids is 1. The zero-order chi connectivity index (χ0) is 10.3. The van der Waals surface area contributed by atoms with E-state index in [2.05, 4.69) is 0 Å². The van der Waals surface area contributed by atoms with Crippen molar-refractivity contribution in [1.82, 2.24) is 4.90 Å². The molecule has 2 aliphatic rings. The number of amides is 1. The van der Waals surface area contributed by atoms with Crippen LogP contribution in [0.5, 0.6) is 0 Å². The van der Waals surface area contributed by atoms with Gasteiger partial charge in [0.2, 0.25) is 5.91 Å². The van der Waals surface area contributed by atoms with Crippen LogP contribution in [0.2, 0.25) is 0 Å². The Labute approximate surface area is 86.6 Å². The SMILES string of the molecule is CCSC1CC2CC(=O)N2C1C(=O)O. The molecule has 3 unspecified atom stereocenters. The van der Waals surface area contributed by atoms with E-state index in [1.807, 2.05) is 6.92 Å². The maximum absolute atomic E-state index is 11.2. The average molecular weight is 215 g/mol. The molecule has 5 heteroatoms. The summed E-state index contributed by atoms with van der Waals surface area (Å²) in [5.74, 6) is 0.0523. The van der Waals surface area contributed by atoms with E-state index in [1.54, 1.807) is 16.7 Å². The van der Waals surface area contributed by atoms with Gasteiger partial charge in [-0.05, 0) is 12.2 Å². The Kier molecular flexibility index (Phi) is 2.43. The van der Waals surface area contributed by atoms with Crippen LogP contribution in [0.1, 0.15) is 19.8 Å². The van der Waals surface area contributed by atoms with E-state index in [1.165, 1.54) is 0 Å². The van der Waals surface area contributed by atoms with Crippen LogP contribution >= 0.6 is 11.8 Å². The lowest BCUT2D eigenvalue weighted by molar-refractivity contribution is -0.156. The Balaban J connectivity index is 2.13. The van der Waals surface area contributed by atoms with Crippen molar-refractivity contribution in [3.05, 3.63) is 0 Å². The summed E-state index contributed by atoms with van der Waals surface area (Å²) in [6.07, 6.45) is 1.39. The molecule has 78 valence electrons. The van der Waals surface area contributed by atoms with Crippen LogP contribution in [0.15, 0.2) is 0 Å². The summed E-state index contributed by atoms with van der Waals surface area (Å²) in [6, 6.07) is -0.376. The number of nitrogens with zero attached hydrogens (tertiary/aromatic N) is 1. The Bertz CT molecular complexity index is 281. The summed E-state index contributed by atoms with van der Waals surface area (Å²) in [4.78, 5) is 23.8. The van der Waals surface area contributed by atoms with Gasteiger partial charge < -0.3 is 10.0 Å². The molecule has 0 radical (unpaired) electrons. The molecule has 3 atom stereocenters. The molecule has 2 heterocycles. The van der Waals surface area contributed by atoms with E-state index < -0.39 is 12.0 Å². The van der Waals surface area contributed by atoms with E-state index >= 15 is 0 Å². The van der Waals surface area contributed by atoms with Gasteiger partial charge in [0.15, 0.2) is 0 Å². The molecule has 0 aromatic rings. The average Bonchev–Trinajstić information content (AvgIpc) is 2.39. The van der Waals surface area contributed by atoms with Gasteiger partial charge in [-0.1, -0.05) is 6.92 Å². The molecule has 0 aromatic carbocycles. The second-order valence-electron chi connectivity index (χ2n) is 3.67. The van der Waals surface area contributed by atoms with Gasteiger partial charge in [-0.25, -0.2) is 4.79 Å². The van der Waals surface area contributed by atoms with Crippen LogP contribution in [0.3, 0.4) is 0 Å². The van der Waals surface area contributed by atoms with Crippen LogP contribution in [0.25, 0.3) is 0 Å². The zero-order valence-electron chi connectivity index (χ0n) is 7.97. The summed E-state index contributed by atoms with van der Waals surface area (Å²) in [6.45, 7) is 2.01. The highest BCUT2D eigenvalue weighted by Crippen LogP contribution is 2.40. The van der Waals surface area contributed by atoms with Crippen LogP contribution in [0.4, 0.5) is 0 Å². The summed E-state index contributed by atoms with van der Waals surface area (Å²) in [5.41, 5.74) is 0. The maximum Gasteiger partial charge on any atom is 0.327 e. The fourth-order valence-electron chi connectivity index (χ4n) is 2.30. The lowest BCUT2D eigenvalue weighted by Gasteiger charge is -2.37. The Morgan fingerprint density at radius 2 is 2.43 bits per heavy atom. The maximum atomic E-state index is 11.2. The Hall–Kier alpha value is -0.710. The van der Waals surface area contributed by atoms with Crippen molar-refractivity contribution in [1.29, 1.82) is 0 Å². The van der Waals surface area contributed by atoms with Crippen LogP contribution in [0, 0.1) is 0 Å². The van der Waals surface area contributed by atoms with E-state index in [4.69, 9.17) is 5.11 Å². The normalized spacial score (nSPS) is 35.4. The number of hydrogen-bond donors (Lipinski definition) is 1. The smallest absolute Gasteiger partial charge is 0.327 e. The van der Waals surface area contributed by atoms with E-state index in [0.29, 0.717) is 6.42 Å². The largest absolute Gasteiger partial charge is 0.480 e. The van der Waals surface area contributed by atoms with Gasteiger partial charge in [0, 0.05) is 17.7 Å². The highest BCUT2D eigenvalue weighted by Gasteiger charge is 2.53. The number of carboxylic acid groups (broad SMARTS) is 1. The third-order valence-corrected chi connectivity index (χ3v) is 4.09. The highest BCUT2D eigenvalue weighted by atomic mass is 32.2. The molecule has 0 bridgehead atoms. The second-order valence-corrected chi connectivity index (χ2v) is 5.19. The van der Waals surface area contributed by atoms with Gasteiger partial charge in [-0.15, -0.1) is 0 Å². The third-order valence-electron chi connectivity index (χ3n) is 2.88. The van der Waals surface area contributed by atoms with Crippen LogP contribution < -0.4 is 0 Å². The van der Waals surface area contributed by atoms with Crippen LogP contribution in [-0.2, 0) is 9.59 Å². The predicted octanol–water partition coefficient (Wildman–Crippen LogP) is 0.566. The van der Waals surface area contributed by atoms with Gasteiger partial charge in [-0.2, -0.15) is 11.8 Å². The number of carbonyl (C=O) groups excluding carboxylic acids is 1. The molecule has 1 amide bonds. The Morgan fingerprint density at radius 1 is 1.71 bits per heavy atom. The summed E-state index contributed by atoms with van der Waals surface area (Å²) in [5, 5.41) is 9.13. The van der Waals surface area contributed by atoms with Crippen molar-refractivity contribution < 1.29 is 14.7 Å². The first-order chi connectivity index (χ1) is 6.65. The van der Waals surface area contributed by atoms with E-state index in [0.717, 1.165) is 12.2 Å². The summed E-state index contributed by atoms with van der Waals surface area (Å²) >= 11 is 1.65. The lowest BCUT2D eigenvalue weighted by atomic mass is 10.0. The number of hydrogen-bond acceptors (Lipinski definition) is 3. The van der Waals surface area contributed by atoms with Crippen molar-refractivity contribution in [2.24, 2.45) is 0 Å². The van der Waals surface area contributed by atoms with Crippen molar-refractivity contribution in [2.75, 3.05) is 5.75 Å². The molecule has 0 aromatic heterocycles. The van der Waals surface area contributed by atoms with E-state index in [-0.39, 0.29) is 17.2 Å². The number of carbonyl (C=O) groups is 2. The van der Waals surface area contributed by atoms with Gasteiger partial charge in [0.1, 0.15) is 6.04 Å². The van der Waals surface area contributed by atoms with E-state index in [9.17, 15) is 9.59 Å². The number of carboxylic acids is 1. The fourth-order valence-corrected chi connectivity index (χ4v) is 3.52. The summed E-state index contributed by atoms with van der Waals surface area (Å²) in [7, 11) is 0. The zero-order valence-corrected chi connectivity index (χ0v) is 8.79. The van der Waals surface area contributed by atoms with Crippen molar-refractivity contribution >= 4 is 23.6 Å². The first kappa shape index (κ1) is 9.83. The van der Waals surface area contributed by atoms with Crippen molar-refractivity contribution in [2.45, 2.75) is 37.1 Å². The van der Waals surface area contributed by atoms with Gasteiger partial charge >= 0.3 is 5.97 Å². The molecule has 14 heavy (non-hydrogen) atoms. The third kappa shape index (κ3) is 1.30. The minimum Gasteiger partial charge on any atom is -0.480 e. The predicted molar refractivity (Wildman–Crippen MR) is 53.2 cm³/mol. The molecule has 2 fully saturated rings. The van der Waals surface area contributed by atoms with Gasteiger partial charge in [0.05, 0.1) is 0 Å². The first-order valence-electron chi connectivity index (χ1n) is 4.80. The molecule has 2 aliphatic heterocycles. The number of thioether (sulfide) groups is 1. The molecule has 0 aliphatic carbocycles. The molecule has 1 N–H and O–H groups in total. The minimum atomic E-state index is -0.855. The quantitative estimate of drug-likeness (QED) is 0.699. The molecule has 4 nitrogen and oxygen atoms in total. The molecule has 0 saturated carbocycles. The fraction of sp³-hybridized carbons (Fsp3) is 0.778. The van der Waals surface area contributed by atoms with Gasteiger partial charge in [0.25, 0.3) is 0 Å². The minimum absolute atomic E-state index is 0.00148.